The van der Waals surface area contributed by atoms with Gasteiger partial charge in [-0.3, -0.25) is 4.79 Å². The van der Waals surface area contributed by atoms with Crippen molar-refractivity contribution in [3.63, 3.8) is 0 Å². The number of hydrogen-bond acceptors (Lipinski definition) is 2. The Morgan fingerprint density at radius 1 is 1.29 bits per heavy atom. The summed E-state index contributed by atoms with van der Waals surface area (Å²) >= 11 is 6.08. The molecule has 1 aromatic carbocycles. The van der Waals surface area contributed by atoms with Crippen LogP contribution in [0.25, 0.3) is 0 Å². The quantitative estimate of drug-likeness (QED) is 0.909. The molecule has 0 aliphatic carbocycles. The van der Waals surface area contributed by atoms with Gasteiger partial charge in [-0.25, -0.2) is 0 Å². The first-order valence-corrected chi connectivity index (χ1v) is 5.59. The van der Waals surface area contributed by atoms with Gasteiger partial charge in [-0.1, -0.05) is 23.7 Å². The molecule has 1 heterocycles. The number of halogens is 1. The van der Waals surface area contributed by atoms with Crippen LogP contribution in [0.5, 0.6) is 5.75 Å². The Morgan fingerprint density at radius 2 is 2.12 bits per heavy atom. The van der Waals surface area contributed by atoms with Gasteiger partial charge >= 0.3 is 0 Å². The van der Waals surface area contributed by atoms with Crippen LogP contribution < -0.4 is 10.3 Å². The van der Waals surface area contributed by atoms with Crippen molar-refractivity contribution in [1.82, 2.24) is 4.98 Å². The highest BCUT2D eigenvalue weighted by Gasteiger charge is 2.02. The molecule has 3 nitrogen and oxygen atoms in total. The van der Waals surface area contributed by atoms with Gasteiger partial charge in [0.2, 0.25) is 0 Å². The first-order chi connectivity index (χ1) is 8.15. The van der Waals surface area contributed by atoms with Crippen molar-refractivity contribution in [2.45, 2.75) is 13.5 Å². The fourth-order valence-corrected chi connectivity index (χ4v) is 1.73. The van der Waals surface area contributed by atoms with Crippen LogP contribution in [0.1, 0.15) is 11.1 Å². The highest BCUT2D eigenvalue weighted by atomic mass is 35.5. The molecule has 0 amide bonds. The lowest BCUT2D eigenvalue weighted by atomic mass is 10.2. The molecule has 0 radical (unpaired) electrons. The number of ether oxygens (including phenoxy) is 1. The Bertz CT molecular complexity index is 578. The van der Waals surface area contributed by atoms with Crippen molar-refractivity contribution in [2.24, 2.45) is 0 Å². The predicted molar refractivity (Wildman–Crippen MR) is 67.6 cm³/mol. The van der Waals surface area contributed by atoms with Crippen LogP contribution >= 0.6 is 11.6 Å². The lowest BCUT2D eigenvalue weighted by Crippen LogP contribution is -2.04. The van der Waals surface area contributed by atoms with Gasteiger partial charge in [-0.15, -0.1) is 0 Å². The Balaban J connectivity index is 2.10. The van der Waals surface area contributed by atoms with Gasteiger partial charge in [0.25, 0.3) is 5.56 Å². The van der Waals surface area contributed by atoms with Crippen LogP contribution in [-0.2, 0) is 6.61 Å². The summed E-state index contributed by atoms with van der Waals surface area (Å²) < 4.78 is 5.49. The maximum absolute atomic E-state index is 11.1. The summed E-state index contributed by atoms with van der Waals surface area (Å²) in [5.41, 5.74) is 1.82. The Hall–Kier alpha value is -1.74. The van der Waals surface area contributed by atoms with Crippen LogP contribution in [0.4, 0.5) is 0 Å². The van der Waals surface area contributed by atoms with E-state index in [4.69, 9.17) is 16.3 Å². The number of H-pyrrole nitrogens is 1. The normalized spacial score (nSPS) is 10.2. The Kier molecular flexibility index (Phi) is 3.49. The van der Waals surface area contributed by atoms with Crippen LogP contribution in [0.3, 0.4) is 0 Å². The van der Waals surface area contributed by atoms with Crippen LogP contribution in [0.15, 0.2) is 41.3 Å². The minimum absolute atomic E-state index is 0.183. The van der Waals surface area contributed by atoms with E-state index in [1.54, 1.807) is 12.3 Å². The molecule has 0 atom stereocenters. The third-order valence-electron chi connectivity index (χ3n) is 2.35. The minimum atomic E-state index is -0.183. The molecular weight excluding hydrogens is 238 g/mol. The van der Waals surface area contributed by atoms with Gasteiger partial charge in [0.15, 0.2) is 0 Å². The van der Waals surface area contributed by atoms with Crippen molar-refractivity contribution in [3.8, 4) is 5.75 Å². The van der Waals surface area contributed by atoms with Crippen LogP contribution in [0.2, 0.25) is 5.02 Å². The molecule has 88 valence electrons. The number of aromatic amines is 1. The SMILES string of the molecule is Cc1ccc(COc2cc[nH]c(=O)c2)c(Cl)c1. The number of rotatable bonds is 3. The van der Waals surface area contributed by atoms with E-state index in [1.165, 1.54) is 6.07 Å². The van der Waals surface area contributed by atoms with E-state index in [0.717, 1.165) is 11.1 Å². The number of hydrogen-bond donors (Lipinski definition) is 1. The van der Waals surface area contributed by atoms with E-state index in [0.29, 0.717) is 17.4 Å². The minimum Gasteiger partial charge on any atom is -0.489 e. The van der Waals surface area contributed by atoms with Gasteiger partial charge in [-0.2, -0.15) is 0 Å². The van der Waals surface area contributed by atoms with E-state index in [1.807, 2.05) is 25.1 Å². The van der Waals surface area contributed by atoms with E-state index in [2.05, 4.69) is 4.98 Å². The molecule has 0 saturated heterocycles. The number of aromatic nitrogens is 1. The monoisotopic (exact) mass is 249 g/mol. The number of benzene rings is 1. The zero-order valence-electron chi connectivity index (χ0n) is 9.37. The van der Waals surface area contributed by atoms with Gasteiger partial charge in [0.05, 0.1) is 0 Å². The average Bonchev–Trinajstić information content (AvgIpc) is 2.28. The smallest absolute Gasteiger partial charge is 0.251 e. The second kappa shape index (κ2) is 5.06. The summed E-state index contributed by atoms with van der Waals surface area (Å²) in [6.07, 6.45) is 1.55. The number of pyridine rings is 1. The fourth-order valence-electron chi connectivity index (χ4n) is 1.45. The Labute approximate surface area is 104 Å². The summed E-state index contributed by atoms with van der Waals surface area (Å²) in [4.78, 5) is 13.6. The Morgan fingerprint density at radius 3 is 2.82 bits per heavy atom. The topological polar surface area (TPSA) is 42.1 Å². The van der Waals surface area contributed by atoms with E-state index in [-0.39, 0.29) is 5.56 Å². The van der Waals surface area contributed by atoms with Crippen LogP contribution in [0, 0.1) is 6.92 Å². The molecule has 0 aliphatic rings. The predicted octanol–water partition coefficient (Wildman–Crippen LogP) is 2.92. The lowest BCUT2D eigenvalue weighted by Gasteiger charge is -2.07. The van der Waals surface area contributed by atoms with Gasteiger partial charge < -0.3 is 9.72 Å². The fraction of sp³-hybridized carbons (Fsp3) is 0.154. The highest BCUT2D eigenvalue weighted by molar-refractivity contribution is 6.31. The van der Waals surface area contributed by atoms with Gasteiger partial charge in [0.1, 0.15) is 12.4 Å². The highest BCUT2D eigenvalue weighted by Crippen LogP contribution is 2.19. The number of aryl methyl sites for hydroxylation is 1. The molecule has 2 rings (SSSR count). The van der Waals surface area contributed by atoms with Crippen LogP contribution in [-0.4, -0.2) is 4.98 Å². The molecule has 0 bridgehead atoms. The summed E-state index contributed by atoms with van der Waals surface area (Å²) in [5.74, 6) is 0.533. The third-order valence-corrected chi connectivity index (χ3v) is 2.70. The van der Waals surface area contributed by atoms with E-state index < -0.39 is 0 Å². The molecule has 1 N–H and O–H groups in total. The van der Waals surface area contributed by atoms with Crippen molar-refractivity contribution >= 4 is 11.6 Å². The lowest BCUT2D eigenvalue weighted by molar-refractivity contribution is 0.305. The molecule has 0 spiro atoms. The van der Waals surface area contributed by atoms with Crippen molar-refractivity contribution in [2.75, 3.05) is 0 Å². The zero-order valence-corrected chi connectivity index (χ0v) is 10.1. The molecule has 0 aliphatic heterocycles. The maximum Gasteiger partial charge on any atom is 0.251 e. The zero-order chi connectivity index (χ0) is 12.3. The van der Waals surface area contributed by atoms with Crippen molar-refractivity contribution in [3.05, 3.63) is 63.0 Å². The first kappa shape index (κ1) is 11.7. The standard InChI is InChI=1S/C13H12ClNO2/c1-9-2-3-10(12(14)6-9)8-17-11-4-5-15-13(16)7-11/h2-7H,8H2,1H3,(H,15,16). The summed E-state index contributed by atoms with van der Waals surface area (Å²) in [6.45, 7) is 2.33. The molecule has 2 aromatic rings. The average molecular weight is 250 g/mol. The molecule has 1 aromatic heterocycles. The van der Waals surface area contributed by atoms with Gasteiger partial charge in [0, 0.05) is 22.8 Å². The van der Waals surface area contributed by atoms with Crippen molar-refractivity contribution in [1.29, 1.82) is 0 Å². The van der Waals surface area contributed by atoms with Crippen molar-refractivity contribution < 1.29 is 4.74 Å². The number of nitrogens with one attached hydrogen (secondary N) is 1. The molecule has 0 fully saturated rings. The molecular formula is C13H12ClNO2. The molecule has 4 heteroatoms. The largest absolute Gasteiger partial charge is 0.489 e. The first-order valence-electron chi connectivity index (χ1n) is 5.22. The van der Waals surface area contributed by atoms with E-state index in [9.17, 15) is 4.79 Å². The third kappa shape index (κ3) is 3.11. The summed E-state index contributed by atoms with van der Waals surface area (Å²) in [6, 6.07) is 8.89. The molecule has 0 unspecified atom stereocenters. The second-order valence-corrected chi connectivity index (χ2v) is 4.18. The van der Waals surface area contributed by atoms with Gasteiger partial charge in [-0.05, 0) is 24.6 Å². The summed E-state index contributed by atoms with van der Waals surface area (Å²) in [7, 11) is 0. The summed E-state index contributed by atoms with van der Waals surface area (Å²) in [5, 5.41) is 0.676. The maximum atomic E-state index is 11.1. The molecule has 17 heavy (non-hydrogen) atoms. The molecule has 0 saturated carbocycles. The second-order valence-electron chi connectivity index (χ2n) is 3.77. The van der Waals surface area contributed by atoms with E-state index >= 15 is 0 Å².